The number of thioether (sulfide) groups is 1. The van der Waals surface area contributed by atoms with E-state index in [1.807, 2.05) is 12.1 Å². The quantitative estimate of drug-likeness (QED) is 0.369. The van der Waals surface area contributed by atoms with Crippen LogP contribution in [0.2, 0.25) is 0 Å². The van der Waals surface area contributed by atoms with Crippen LogP contribution in [0.5, 0.6) is 0 Å². The molecule has 0 aliphatic heterocycles. The minimum Gasteiger partial charge on any atom is -0.220 e. The number of nitrogens with zero attached hydrogens (tertiary/aromatic N) is 7. The molecule has 0 saturated heterocycles. The summed E-state index contributed by atoms with van der Waals surface area (Å²) >= 11 is 1.75. The van der Waals surface area contributed by atoms with Gasteiger partial charge in [0, 0.05) is 18.4 Å². The Morgan fingerprint density at radius 3 is 2.69 bits per heavy atom. The molecule has 2 aliphatic carbocycles. The third-order valence-electron chi connectivity index (χ3n) is 7.96. The van der Waals surface area contributed by atoms with E-state index in [1.54, 1.807) is 29.0 Å². The summed E-state index contributed by atoms with van der Waals surface area (Å²) in [6.07, 6.45) is 8.00. The number of hydrogen-bond acceptors (Lipinski definition) is 7. The highest BCUT2D eigenvalue weighted by atomic mass is 32.2. The smallest absolute Gasteiger partial charge is 0.220 e. The van der Waals surface area contributed by atoms with Crippen molar-refractivity contribution in [3.63, 3.8) is 0 Å². The molecule has 184 valence electrons. The van der Waals surface area contributed by atoms with Gasteiger partial charge in [0.25, 0.3) is 5.95 Å². The Hall–Kier alpha value is -3.27. The Morgan fingerprint density at radius 2 is 1.92 bits per heavy atom. The zero-order valence-electron chi connectivity index (χ0n) is 20.2. The Balaban J connectivity index is 1.45. The lowest BCUT2D eigenvalue weighted by atomic mass is 9.66. The summed E-state index contributed by atoms with van der Waals surface area (Å²) in [5.41, 5.74) is 2.01. The van der Waals surface area contributed by atoms with Crippen LogP contribution in [0.1, 0.15) is 55.4 Å². The summed E-state index contributed by atoms with van der Waals surface area (Å²) in [5.74, 6) is 1.02. The molecule has 36 heavy (non-hydrogen) atoms. The third-order valence-corrected chi connectivity index (χ3v) is 8.57. The summed E-state index contributed by atoms with van der Waals surface area (Å²) in [6, 6.07) is 7.58. The van der Waals surface area contributed by atoms with Crippen LogP contribution in [-0.2, 0) is 11.8 Å². The second kappa shape index (κ2) is 8.40. The first-order valence-corrected chi connectivity index (χ1v) is 13.3. The average Bonchev–Trinajstić information content (AvgIpc) is 3.50. The molecule has 2 atom stereocenters. The molecule has 10 heteroatoms. The molecule has 3 heterocycles. The summed E-state index contributed by atoms with van der Waals surface area (Å²) < 4.78 is 30.6. The van der Waals surface area contributed by atoms with Crippen LogP contribution in [0.4, 0.5) is 8.78 Å². The lowest BCUT2D eigenvalue weighted by Crippen LogP contribution is -2.38. The molecule has 1 aromatic carbocycles. The van der Waals surface area contributed by atoms with E-state index in [9.17, 15) is 8.78 Å². The van der Waals surface area contributed by atoms with Crippen LogP contribution in [0.25, 0.3) is 17.2 Å². The summed E-state index contributed by atoms with van der Waals surface area (Å²) in [7, 11) is 0. The fraction of sp³-hybridized carbons (Fsp3) is 0.385. The number of benzene rings is 1. The van der Waals surface area contributed by atoms with E-state index in [0.717, 1.165) is 47.8 Å². The van der Waals surface area contributed by atoms with Crippen LogP contribution in [-0.4, -0.2) is 46.9 Å². The van der Waals surface area contributed by atoms with Crippen molar-refractivity contribution in [2.75, 3.05) is 12.0 Å². The zero-order valence-corrected chi connectivity index (χ0v) is 21.1. The summed E-state index contributed by atoms with van der Waals surface area (Å²) in [5, 5.41) is 13.5. The van der Waals surface area contributed by atoms with Gasteiger partial charge in [0.1, 0.15) is 18.0 Å². The van der Waals surface area contributed by atoms with Gasteiger partial charge in [-0.2, -0.15) is 21.5 Å². The predicted octanol–water partition coefficient (Wildman–Crippen LogP) is 4.90. The van der Waals surface area contributed by atoms with Crippen molar-refractivity contribution in [3.8, 4) is 17.2 Å². The van der Waals surface area contributed by atoms with Gasteiger partial charge >= 0.3 is 0 Å². The second-order valence-electron chi connectivity index (χ2n) is 9.94. The van der Waals surface area contributed by atoms with Crippen molar-refractivity contribution in [2.24, 2.45) is 5.41 Å². The standard InChI is InChI=1S/C26H25F2N7S/c1-25(2)16-7-10-26(25,20-8-11-29-24(31-20)35-14-30-21(34-35)9-12-36-3)23-15(16)13-19(32-33-23)22-17(27)5-4-6-18(22)28/h4-6,8,11,13-14,16H,7,9-10,12H2,1-3H3/t16-,26+/m0/s1. The zero-order chi connectivity index (χ0) is 25.1. The van der Waals surface area contributed by atoms with E-state index >= 15 is 0 Å². The van der Waals surface area contributed by atoms with Gasteiger partial charge < -0.3 is 0 Å². The molecule has 6 rings (SSSR count). The van der Waals surface area contributed by atoms with Gasteiger partial charge in [0.2, 0.25) is 0 Å². The Morgan fingerprint density at radius 1 is 1.11 bits per heavy atom. The van der Waals surface area contributed by atoms with Gasteiger partial charge in [-0.1, -0.05) is 19.9 Å². The largest absolute Gasteiger partial charge is 0.252 e. The monoisotopic (exact) mass is 505 g/mol. The van der Waals surface area contributed by atoms with Crippen molar-refractivity contribution in [1.29, 1.82) is 0 Å². The highest BCUT2D eigenvalue weighted by Crippen LogP contribution is 2.69. The number of halogens is 2. The molecule has 7 nitrogen and oxygen atoms in total. The van der Waals surface area contributed by atoms with Crippen molar-refractivity contribution < 1.29 is 8.78 Å². The van der Waals surface area contributed by atoms with Gasteiger partial charge in [-0.25, -0.2) is 23.7 Å². The molecule has 0 amide bonds. The summed E-state index contributed by atoms with van der Waals surface area (Å²) in [4.78, 5) is 13.8. The number of fused-ring (bicyclic) bond motifs is 5. The van der Waals surface area contributed by atoms with Gasteiger partial charge in [0.15, 0.2) is 5.82 Å². The molecule has 3 aromatic heterocycles. The minimum absolute atomic E-state index is 0.143. The van der Waals surface area contributed by atoms with E-state index in [4.69, 9.17) is 4.98 Å². The highest BCUT2D eigenvalue weighted by Gasteiger charge is 2.65. The third kappa shape index (κ3) is 3.23. The van der Waals surface area contributed by atoms with Crippen molar-refractivity contribution >= 4 is 11.8 Å². The molecular formula is C26H25F2N7S. The molecule has 4 aromatic rings. The molecule has 0 radical (unpaired) electrons. The van der Waals surface area contributed by atoms with E-state index in [0.29, 0.717) is 5.95 Å². The molecule has 0 unspecified atom stereocenters. The normalized spacial score (nSPS) is 21.6. The first-order valence-electron chi connectivity index (χ1n) is 11.9. The van der Waals surface area contributed by atoms with E-state index < -0.39 is 17.0 Å². The van der Waals surface area contributed by atoms with Gasteiger partial charge in [-0.3, -0.25) is 0 Å². The maximum atomic E-state index is 14.5. The highest BCUT2D eigenvalue weighted by molar-refractivity contribution is 7.98. The van der Waals surface area contributed by atoms with E-state index in [2.05, 4.69) is 45.4 Å². The SMILES string of the molecule is CSCCc1ncn(-c2nccc([C@]34CC[C@@H](c5cc(-c6c(F)cccc6F)nnc53)C4(C)C)n2)n1. The first-order chi connectivity index (χ1) is 17.4. The minimum atomic E-state index is -0.647. The lowest BCUT2D eigenvalue weighted by Gasteiger charge is -2.37. The van der Waals surface area contributed by atoms with Crippen molar-refractivity contribution in [2.45, 2.75) is 44.4 Å². The van der Waals surface area contributed by atoms with Crippen LogP contribution in [0.3, 0.4) is 0 Å². The maximum Gasteiger partial charge on any atom is 0.252 e. The van der Waals surface area contributed by atoms with Crippen LogP contribution < -0.4 is 0 Å². The molecular weight excluding hydrogens is 480 g/mol. The van der Waals surface area contributed by atoms with Crippen LogP contribution in [0, 0.1) is 17.0 Å². The Bertz CT molecular complexity index is 1450. The van der Waals surface area contributed by atoms with E-state index in [1.165, 1.54) is 18.2 Å². The maximum absolute atomic E-state index is 14.5. The predicted molar refractivity (Wildman–Crippen MR) is 133 cm³/mol. The fourth-order valence-electron chi connectivity index (χ4n) is 6.15. The van der Waals surface area contributed by atoms with Gasteiger partial charge in [-0.15, -0.1) is 10.2 Å². The molecule has 1 saturated carbocycles. The fourth-order valence-corrected chi connectivity index (χ4v) is 6.54. The van der Waals surface area contributed by atoms with E-state index in [-0.39, 0.29) is 22.6 Å². The molecule has 2 bridgehead atoms. The lowest BCUT2D eigenvalue weighted by molar-refractivity contribution is 0.242. The number of aromatic nitrogens is 7. The number of rotatable bonds is 6. The first kappa shape index (κ1) is 23.1. The molecule has 1 fully saturated rings. The van der Waals surface area contributed by atoms with Gasteiger partial charge in [0.05, 0.1) is 28.1 Å². The van der Waals surface area contributed by atoms with Gasteiger partial charge in [-0.05, 0) is 60.3 Å². The molecule has 0 N–H and O–H groups in total. The average molecular weight is 506 g/mol. The van der Waals surface area contributed by atoms with Crippen molar-refractivity contribution in [3.05, 3.63) is 77.3 Å². The number of aryl methyl sites for hydroxylation is 1. The Labute approximate surface area is 211 Å². The van der Waals surface area contributed by atoms with Crippen LogP contribution in [0.15, 0.2) is 42.9 Å². The number of hydrogen-bond donors (Lipinski definition) is 0. The molecule has 0 spiro atoms. The molecule has 2 aliphatic rings. The second-order valence-corrected chi connectivity index (χ2v) is 10.9. The Kier molecular flexibility index (Phi) is 5.40. The van der Waals surface area contributed by atoms with Crippen molar-refractivity contribution in [1.82, 2.24) is 34.9 Å². The topological polar surface area (TPSA) is 82.3 Å². The van der Waals surface area contributed by atoms with Crippen LogP contribution >= 0.6 is 11.8 Å². The summed E-state index contributed by atoms with van der Waals surface area (Å²) in [6.45, 7) is 4.43.